The molecule has 0 saturated heterocycles. The number of hydrogen-bond acceptors (Lipinski definition) is 4. The maximum atomic E-state index is 5.66. The molecule has 0 amide bonds. The molecule has 1 aromatic carbocycles. The number of aromatic nitrogens is 3. The van der Waals surface area contributed by atoms with Crippen LogP contribution in [0.25, 0.3) is 22.6 Å². The molecular formula is C12H12N4S. The summed E-state index contributed by atoms with van der Waals surface area (Å²) in [5.41, 5.74) is 9.86. The second-order valence-corrected chi connectivity index (χ2v) is 4.90. The zero-order valence-corrected chi connectivity index (χ0v) is 10.5. The number of anilines is 1. The van der Waals surface area contributed by atoms with Crippen LogP contribution in [0.4, 0.5) is 5.13 Å². The molecule has 0 aliphatic rings. The SMILES string of the molecule is Cc1cccc2nc(-c3csc(N)n3)n(C)c12. The number of nitrogens with zero attached hydrogens (tertiary/aromatic N) is 3. The van der Waals surface area contributed by atoms with Crippen LogP contribution in [-0.2, 0) is 7.05 Å². The minimum Gasteiger partial charge on any atom is -0.375 e. The van der Waals surface area contributed by atoms with E-state index in [0.717, 1.165) is 22.6 Å². The van der Waals surface area contributed by atoms with E-state index in [1.54, 1.807) is 0 Å². The molecule has 0 aliphatic heterocycles. The van der Waals surface area contributed by atoms with E-state index in [2.05, 4.69) is 27.5 Å². The van der Waals surface area contributed by atoms with Crippen LogP contribution in [0.1, 0.15) is 5.56 Å². The first-order valence-electron chi connectivity index (χ1n) is 5.30. The van der Waals surface area contributed by atoms with E-state index in [1.165, 1.54) is 16.9 Å². The lowest BCUT2D eigenvalue weighted by atomic mass is 10.2. The molecule has 0 saturated carbocycles. The number of thiazole rings is 1. The number of para-hydroxylation sites is 1. The number of nitrogens with two attached hydrogens (primary N) is 1. The second-order valence-electron chi connectivity index (χ2n) is 4.01. The average Bonchev–Trinajstić information content (AvgIpc) is 2.84. The quantitative estimate of drug-likeness (QED) is 0.715. The number of nitrogen functional groups attached to an aromatic ring is 1. The van der Waals surface area contributed by atoms with Crippen molar-refractivity contribution in [2.24, 2.45) is 7.05 Å². The summed E-state index contributed by atoms with van der Waals surface area (Å²) in [5, 5.41) is 2.51. The molecule has 0 bridgehead atoms. The van der Waals surface area contributed by atoms with Gasteiger partial charge in [0.1, 0.15) is 5.69 Å². The smallest absolute Gasteiger partial charge is 0.180 e. The molecule has 3 aromatic rings. The Kier molecular flexibility index (Phi) is 2.16. The lowest BCUT2D eigenvalue weighted by Gasteiger charge is -2.01. The van der Waals surface area contributed by atoms with Crippen molar-refractivity contribution in [3.8, 4) is 11.5 Å². The third kappa shape index (κ3) is 1.51. The van der Waals surface area contributed by atoms with E-state index < -0.39 is 0 Å². The summed E-state index contributed by atoms with van der Waals surface area (Å²) in [6.07, 6.45) is 0. The number of imidazole rings is 1. The fraction of sp³-hybridized carbons (Fsp3) is 0.167. The first kappa shape index (κ1) is 10.3. The third-order valence-electron chi connectivity index (χ3n) is 2.85. The standard InChI is InChI=1S/C12H12N4S/c1-7-4-3-5-8-10(7)16(2)11(14-8)9-6-17-12(13)15-9/h3-6H,1-2H3,(H2,13,15). The summed E-state index contributed by atoms with van der Waals surface area (Å²) >= 11 is 1.44. The van der Waals surface area contributed by atoms with Gasteiger partial charge in [0.15, 0.2) is 11.0 Å². The largest absolute Gasteiger partial charge is 0.375 e. The van der Waals surface area contributed by atoms with Crippen molar-refractivity contribution in [3.05, 3.63) is 29.1 Å². The van der Waals surface area contributed by atoms with Crippen LogP contribution in [0.15, 0.2) is 23.6 Å². The highest BCUT2D eigenvalue weighted by Crippen LogP contribution is 2.27. The molecule has 17 heavy (non-hydrogen) atoms. The van der Waals surface area contributed by atoms with Gasteiger partial charge in [-0.2, -0.15) is 0 Å². The Labute approximate surface area is 103 Å². The molecule has 4 nitrogen and oxygen atoms in total. The lowest BCUT2D eigenvalue weighted by molar-refractivity contribution is 0.949. The van der Waals surface area contributed by atoms with Gasteiger partial charge in [0, 0.05) is 12.4 Å². The van der Waals surface area contributed by atoms with E-state index in [-0.39, 0.29) is 0 Å². The van der Waals surface area contributed by atoms with Crippen molar-refractivity contribution in [1.82, 2.24) is 14.5 Å². The van der Waals surface area contributed by atoms with E-state index in [0.29, 0.717) is 5.13 Å². The highest BCUT2D eigenvalue weighted by Gasteiger charge is 2.13. The monoisotopic (exact) mass is 244 g/mol. The predicted molar refractivity (Wildman–Crippen MR) is 71.0 cm³/mol. The molecular weight excluding hydrogens is 232 g/mol. The van der Waals surface area contributed by atoms with Crippen LogP contribution in [0, 0.1) is 6.92 Å². The maximum absolute atomic E-state index is 5.66. The van der Waals surface area contributed by atoms with E-state index in [4.69, 9.17) is 5.73 Å². The number of hydrogen-bond donors (Lipinski definition) is 1. The molecule has 3 rings (SSSR count). The van der Waals surface area contributed by atoms with Crippen molar-refractivity contribution in [2.45, 2.75) is 6.92 Å². The fourth-order valence-electron chi connectivity index (χ4n) is 2.08. The number of aryl methyl sites for hydroxylation is 2. The molecule has 86 valence electrons. The second kappa shape index (κ2) is 3.56. The van der Waals surface area contributed by atoms with Crippen molar-refractivity contribution in [2.75, 3.05) is 5.73 Å². The third-order valence-corrected chi connectivity index (χ3v) is 3.52. The van der Waals surface area contributed by atoms with Crippen molar-refractivity contribution in [1.29, 1.82) is 0 Å². The van der Waals surface area contributed by atoms with Crippen molar-refractivity contribution < 1.29 is 0 Å². The first-order valence-corrected chi connectivity index (χ1v) is 6.18. The predicted octanol–water partition coefficient (Wildman–Crippen LogP) is 2.59. The molecule has 0 atom stereocenters. The molecule has 2 heterocycles. The van der Waals surface area contributed by atoms with Crippen LogP contribution in [-0.4, -0.2) is 14.5 Å². The molecule has 5 heteroatoms. The number of benzene rings is 1. The Morgan fingerprint density at radius 3 is 2.76 bits per heavy atom. The van der Waals surface area contributed by atoms with Crippen LogP contribution in [0.2, 0.25) is 0 Å². The van der Waals surface area contributed by atoms with Gasteiger partial charge in [0.05, 0.1) is 11.0 Å². The Morgan fingerprint density at radius 1 is 1.29 bits per heavy atom. The highest BCUT2D eigenvalue weighted by atomic mass is 32.1. The summed E-state index contributed by atoms with van der Waals surface area (Å²) in [7, 11) is 2.01. The van der Waals surface area contributed by atoms with Crippen LogP contribution >= 0.6 is 11.3 Å². The molecule has 0 unspecified atom stereocenters. The maximum Gasteiger partial charge on any atom is 0.180 e. The van der Waals surface area contributed by atoms with E-state index >= 15 is 0 Å². The van der Waals surface area contributed by atoms with Crippen molar-refractivity contribution >= 4 is 27.5 Å². The van der Waals surface area contributed by atoms with Gasteiger partial charge >= 0.3 is 0 Å². The summed E-state index contributed by atoms with van der Waals surface area (Å²) in [6.45, 7) is 2.09. The van der Waals surface area contributed by atoms with E-state index in [1.807, 2.05) is 24.6 Å². The minimum atomic E-state index is 0.573. The zero-order valence-electron chi connectivity index (χ0n) is 9.64. The Bertz CT molecular complexity index is 696. The summed E-state index contributed by atoms with van der Waals surface area (Å²) in [6, 6.07) is 6.12. The molecule has 0 radical (unpaired) electrons. The summed E-state index contributed by atoms with van der Waals surface area (Å²) in [5.74, 6) is 0.863. The summed E-state index contributed by atoms with van der Waals surface area (Å²) < 4.78 is 2.07. The molecule has 2 aromatic heterocycles. The van der Waals surface area contributed by atoms with Crippen LogP contribution < -0.4 is 5.73 Å². The van der Waals surface area contributed by atoms with Crippen LogP contribution in [0.3, 0.4) is 0 Å². The average molecular weight is 244 g/mol. The molecule has 0 fully saturated rings. The summed E-state index contributed by atoms with van der Waals surface area (Å²) in [4.78, 5) is 8.89. The van der Waals surface area contributed by atoms with Gasteiger partial charge in [-0.3, -0.25) is 0 Å². The van der Waals surface area contributed by atoms with Crippen LogP contribution in [0.5, 0.6) is 0 Å². The minimum absolute atomic E-state index is 0.573. The molecule has 0 spiro atoms. The zero-order chi connectivity index (χ0) is 12.0. The normalized spacial score (nSPS) is 11.2. The number of fused-ring (bicyclic) bond motifs is 1. The van der Waals surface area contributed by atoms with Gasteiger partial charge in [-0.1, -0.05) is 12.1 Å². The van der Waals surface area contributed by atoms with Gasteiger partial charge in [-0.25, -0.2) is 9.97 Å². The molecule has 2 N–H and O–H groups in total. The van der Waals surface area contributed by atoms with Gasteiger partial charge in [0.25, 0.3) is 0 Å². The van der Waals surface area contributed by atoms with Gasteiger partial charge in [-0.05, 0) is 18.6 Å². The Hall–Kier alpha value is -1.88. The van der Waals surface area contributed by atoms with Gasteiger partial charge in [0.2, 0.25) is 0 Å². The lowest BCUT2D eigenvalue weighted by Crippen LogP contribution is -1.94. The van der Waals surface area contributed by atoms with Gasteiger partial charge in [-0.15, -0.1) is 11.3 Å². The number of rotatable bonds is 1. The topological polar surface area (TPSA) is 56.7 Å². The Morgan fingerprint density at radius 2 is 2.12 bits per heavy atom. The highest BCUT2D eigenvalue weighted by molar-refractivity contribution is 7.13. The Balaban J connectivity index is 2.32. The fourth-order valence-corrected chi connectivity index (χ4v) is 2.63. The van der Waals surface area contributed by atoms with Gasteiger partial charge < -0.3 is 10.3 Å². The first-order chi connectivity index (χ1) is 8.16. The van der Waals surface area contributed by atoms with E-state index in [9.17, 15) is 0 Å². The van der Waals surface area contributed by atoms with Crippen molar-refractivity contribution in [3.63, 3.8) is 0 Å². The molecule has 0 aliphatic carbocycles.